The van der Waals surface area contributed by atoms with Crippen molar-refractivity contribution in [1.82, 2.24) is 0 Å². The number of hydrogen-bond acceptors (Lipinski definition) is 3. The van der Waals surface area contributed by atoms with Crippen LogP contribution >= 0.6 is 0 Å². The minimum Gasteiger partial charge on any atom is -1.00 e. The highest BCUT2D eigenvalue weighted by Crippen LogP contribution is 2.20. The Labute approximate surface area is 226 Å². The molecule has 0 saturated heterocycles. The Bertz CT molecular complexity index is 1150. The van der Waals surface area contributed by atoms with Crippen molar-refractivity contribution in [2.45, 2.75) is 45.1 Å². The summed E-state index contributed by atoms with van der Waals surface area (Å²) < 4.78 is 11.7. The van der Waals surface area contributed by atoms with Gasteiger partial charge in [0.1, 0.15) is 36.9 Å². The van der Waals surface area contributed by atoms with E-state index in [1.54, 1.807) is 0 Å². The molecule has 3 N–H and O–H groups in total. The molecule has 0 aliphatic rings. The number of benzene rings is 4. The van der Waals surface area contributed by atoms with E-state index in [1.165, 1.54) is 11.1 Å². The zero-order valence-electron chi connectivity index (χ0n) is 21.3. The van der Waals surface area contributed by atoms with Crippen LogP contribution in [0.5, 0.6) is 11.5 Å². The van der Waals surface area contributed by atoms with Crippen LogP contribution in [0.15, 0.2) is 109 Å². The van der Waals surface area contributed by atoms with Gasteiger partial charge < -0.3 is 32.3 Å². The number of rotatable bonds is 13. The third-order valence-corrected chi connectivity index (χ3v) is 6.35. The molecule has 2 unspecified atom stereocenters. The number of halogens is 1. The summed E-state index contributed by atoms with van der Waals surface area (Å²) in [5, 5.41) is 13.0. The van der Waals surface area contributed by atoms with Crippen LogP contribution < -0.4 is 27.2 Å². The van der Waals surface area contributed by atoms with E-state index >= 15 is 0 Å². The molecule has 4 aromatic carbocycles. The quantitative estimate of drug-likeness (QED) is 0.268. The average molecular weight is 518 g/mol. The summed E-state index contributed by atoms with van der Waals surface area (Å²) >= 11 is 0. The van der Waals surface area contributed by atoms with Gasteiger partial charge in [-0.15, -0.1) is 0 Å². The normalized spacial score (nSPS) is 12.3. The summed E-state index contributed by atoms with van der Waals surface area (Å²) in [4.78, 5) is 0. The van der Waals surface area contributed by atoms with Crippen molar-refractivity contribution >= 4 is 0 Å². The standard InChI is InChI=1S/C32H35NO3.ClH/c1-25(32(34)29-16-20-31(21-17-29)36-24-28-11-6-3-7-12-28)33-22-8-13-26-14-18-30(19-15-26)35-23-27-9-4-2-5-10-27;/h2-7,9-12,14-21,25,32-34H,8,13,22-24H2,1H3;1H. The van der Waals surface area contributed by atoms with E-state index in [4.69, 9.17) is 9.47 Å². The molecule has 0 bridgehead atoms. The van der Waals surface area contributed by atoms with Crippen molar-refractivity contribution in [3.05, 3.63) is 131 Å². The van der Waals surface area contributed by atoms with Crippen LogP contribution in [0.25, 0.3) is 0 Å². The third kappa shape index (κ3) is 9.25. The Hall–Kier alpha value is -3.31. The molecule has 0 aliphatic heterocycles. The highest BCUT2D eigenvalue weighted by Gasteiger charge is 2.19. The predicted molar refractivity (Wildman–Crippen MR) is 144 cm³/mol. The molecular formula is C32H36ClNO3. The number of hydrogen-bond donors (Lipinski definition) is 2. The lowest BCUT2D eigenvalue weighted by molar-refractivity contribution is -0.694. The van der Waals surface area contributed by atoms with Gasteiger partial charge in [0, 0.05) is 6.42 Å². The minimum absolute atomic E-state index is 0. The molecule has 0 aliphatic carbocycles. The van der Waals surface area contributed by atoms with Gasteiger partial charge in [0.05, 0.1) is 6.54 Å². The molecule has 4 rings (SSSR count). The van der Waals surface area contributed by atoms with E-state index < -0.39 is 6.10 Å². The second-order valence-corrected chi connectivity index (χ2v) is 9.19. The zero-order chi connectivity index (χ0) is 25.0. The second kappa shape index (κ2) is 15.1. The molecule has 0 aromatic heterocycles. The molecule has 4 aromatic rings. The maximum Gasteiger partial charge on any atom is 0.130 e. The van der Waals surface area contributed by atoms with Gasteiger partial charge in [0.15, 0.2) is 0 Å². The van der Waals surface area contributed by atoms with Crippen molar-refractivity contribution in [1.29, 1.82) is 0 Å². The number of ether oxygens (including phenoxy) is 2. The minimum atomic E-state index is -0.519. The first-order chi connectivity index (χ1) is 17.7. The van der Waals surface area contributed by atoms with E-state index in [9.17, 15) is 5.11 Å². The summed E-state index contributed by atoms with van der Waals surface area (Å²) in [5.41, 5.74) is 4.52. The van der Waals surface area contributed by atoms with Gasteiger partial charge in [-0.1, -0.05) is 84.9 Å². The molecule has 5 heteroatoms. The molecule has 0 radical (unpaired) electrons. The summed E-state index contributed by atoms with van der Waals surface area (Å²) in [6.45, 7) is 4.15. The molecule has 2 atom stereocenters. The Balaban J connectivity index is 0.00000380. The van der Waals surface area contributed by atoms with E-state index in [0.29, 0.717) is 13.2 Å². The summed E-state index contributed by atoms with van der Waals surface area (Å²) in [6, 6.07) is 36.5. The molecule has 0 amide bonds. The highest BCUT2D eigenvalue weighted by atomic mass is 35.5. The van der Waals surface area contributed by atoms with Crippen LogP contribution in [0.1, 0.15) is 41.7 Å². The smallest absolute Gasteiger partial charge is 0.130 e. The van der Waals surface area contributed by atoms with Crippen LogP contribution in [-0.4, -0.2) is 17.7 Å². The molecule has 4 nitrogen and oxygen atoms in total. The monoisotopic (exact) mass is 517 g/mol. The number of quaternary nitrogens is 1. The summed E-state index contributed by atoms with van der Waals surface area (Å²) in [7, 11) is 0. The number of nitrogens with two attached hydrogens (primary N) is 1. The first-order valence-electron chi connectivity index (χ1n) is 12.7. The van der Waals surface area contributed by atoms with Crippen LogP contribution in [0.4, 0.5) is 0 Å². The lowest BCUT2D eigenvalue weighted by atomic mass is 10.0. The molecule has 0 fully saturated rings. The van der Waals surface area contributed by atoms with Gasteiger partial charge in [-0.2, -0.15) is 0 Å². The fourth-order valence-electron chi connectivity index (χ4n) is 4.11. The second-order valence-electron chi connectivity index (χ2n) is 9.19. The van der Waals surface area contributed by atoms with Gasteiger partial charge in [-0.05, 0) is 59.9 Å². The lowest BCUT2D eigenvalue weighted by Gasteiger charge is -2.18. The Kier molecular flexibility index (Phi) is 11.5. The van der Waals surface area contributed by atoms with Gasteiger partial charge >= 0.3 is 0 Å². The van der Waals surface area contributed by atoms with Gasteiger partial charge in [0.2, 0.25) is 0 Å². The van der Waals surface area contributed by atoms with Crippen LogP contribution in [0.3, 0.4) is 0 Å². The van der Waals surface area contributed by atoms with E-state index in [0.717, 1.165) is 42.0 Å². The van der Waals surface area contributed by atoms with Gasteiger partial charge in [0.25, 0.3) is 0 Å². The van der Waals surface area contributed by atoms with Crippen LogP contribution in [0.2, 0.25) is 0 Å². The summed E-state index contributed by atoms with van der Waals surface area (Å²) in [5.74, 6) is 1.70. The molecule has 37 heavy (non-hydrogen) atoms. The maximum atomic E-state index is 10.8. The highest BCUT2D eigenvalue weighted by molar-refractivity contribution is 5.30. The van der Waals surface area contributed by atoms with Gasteiger partial charge in [-0.3, -0.25) is 0 Å². The van der Waals surface area contributed by atoms with E-state index in [-0.39, 0.29) is 18.4 Å². The molecule has 0 spiro atoms. The topological polar surface area (TPSA) is 55.3 Å². The molecule has 0 heterocycles. The Morgan fingerprint density at radius 1 is 0.649 bits per heavy atom. The molecule has 0 saturated carbocycles. The fraction of sp³-hybridized carbons (Fsp3) is 0.250. The van der Waals surface area contributed by atoms with Crippen molar-refractivity contribution in [2.75, 3.05) is 6.54 Å². The van der Waals surface area contributed by atoms with Crippen molar-refractivity contribution < 1.29 is 32.3 Å². The first kappa shape index (κ1) is 28.3. The van der Waals surface area contributed by atoms with Crippen molar-refractivity contribution in [3.63, 3.8) is 0 Å². The fourth-order valence-corrected chi connectivity index (χ4v) is 4.11. The van der Waals surface area contributed by atoms with Crippen molar-refractivity contribution in [2.24, 2.45) is 0 Å². The number of aliphatic hydroxyl groups excluding tert-OH is 1. The average Bonchev–Trinajstić information content (AvgIpc) is 2.94. The zero-order valence-corrected chi connectivity index (χ0v) is 22.1. The van der Waals surface area contributed by atoms with Crippen molar-refractivity contribution in [3.8, 4) is 11.5 Å². The maximum absolute atomic E-state index is 10.8. The van der Waals surface area contributed by atoms with Crippen LogP contribution in [-0.2, 0) is 19.6 Å². The number of aryl methyl sites for hydroxylation is 1. The third-order valence-electron chi connectivity index (χ3n) is 6.35. The molecule has 194 valence electrons. The van der Waals surface area contributed by atoms with E-state index in [1.807, 2.05) is 84.9 Å². The lowest BCUT2D eigenvalue weighted by Crippen LogP contribution is -3.00. The van der Waals surface area contributed by atoms with E-state index in [2.05, 4.69) is 36.5 Å². The first-order valence-corrected chi connectivity index (χ1v) is 12.7. The van der Waals surface area contributed by atoms with Crippen LogP contribution in [0, 0.1) is 0 Å². The Morgan fingerprint density at radius 2 is 1.14 bits per heavy atom. The largest absolute Gasteiger partial charge is 1.00 e. The SMILES string of the molecule is CC([NH2+]CCCc1ccc(OCc2ccccc2)cc1)C(O)c1ccc(OCc2ccccc2)cc1.[Cl-]. The molecular weight excluding hydrogens is 482 g/mol. The summed E-state index contributed by atoms with van der Waals surface area (Å²) in [6.07, 6.45) is 1.54. The number of aliphatic hydroxyl groups is 1. The van der Waals surface area contributed by atoms with Gasteiger partial charge in [-0.25, -0.2) is 0 Å². The predicted octanol–water partition coefficient (Wildman–Crippen LogP) is 2.47. The Morgan fingerprint density at radius 3 is 1.65 bits per heavy atom.